The molecule has 2 amide bonds. The van der Waals surface area contributed by atoms with Gasteiger partial charge >= 0.3 is 6.09 Å². The van der Waals surface area contributed by atoms with E-state index in [2.05, 4.69) is 11.0 Å². The second kappa shape index (κ2) is 7.43. The molecule has 2 aromatic rings. The van der Waals surface area contributed by atoms with Crippen molar-refractivity contribution in [2.24, 2.45) is 5.73 Å². The molecular formula is C25H29N3O4. The number of piperidine rings is 1. The van der Waals surface area contributed by atoms with Crippen LogP contribution in [-0.2, 0) is 4.74 Å². The maximum Gasteiger partial charge on any atom is 0.410 e. The third-order valence-corrected chi connectivity index (χ3v) is 6.53. The summed E-state index contributed by atoms with van der Waals surface area (Å²) in [6, 6.07) is 13.8. The molecule has 32 heavy (non-hydrogen) atoms. The van der Waals surface area contributed by atoms with Crippen LogP contribution in [0.4, 0.5) is 16.2 Å². The van der Waals surface area contributed by atoms with Crippen molar-refractivity contribution in [3.05, 3.63) is 48.0 Å². The van der Waals surface area contributed by atoms with Gasteiger partial charge in [-0.15, -0.1) is 0 Å². The molecule has 3 heterocycles. The van der Waals surface area contributed by atoms with Gasteiger partial charge in [-0.3, -0.25) is 4.79 Å². The first-order valence-electron chi connectivity index (χ1n) is 11.2. The Kier molecular flexibility index (Phi) is 4.80. The van der Waals surface area contributed by atoms with Crippen molar-refractivity contribution in [3.63, 3.8) is 0 Å². The summed E-state index contributed by atoms with van der Waals surface area (Å²) in [4.78, 5) is 28.9. The largest absolute Gasteiger partial charge is 0.453 e. The van der Waals surface area contributed by atoms with Crippen molar-refractivity contribution in [3.8, 4) is 11.5 Å². The van der Waals surface area contributed by atoms with E-state index in [1.807, 2.05) is 49.9 Å². The van der Waals surface area contributed by atoms with Gasteiger partial charge in [-0.2, -0.15) is 0 Å². The van der Waals surface area contributed by atoms with E-state index in [4.69, 9.17) is 15.2 Å². The molecule has 2 atom stereocenters. The molecule has 3 aliphatic rings. The first-order valence-corrected chi connectivity index (χ1v) is 11.2. The van der Waals surface area contributed by atoms with Crippen molar-refractivity contribution >= 4 is 23.4 Å². The van der Waals surface area contributed by atoms with Crippen molar-refractivity contribution in [1.82, 2.24) is 4.90 Å². The number of nitrogens with two attached hydrogens (primary N) is 1. The van der Waals surface area contributed by atoms with Crippen LogP contribution in [0.1, 0.15) is 56.8 Å². The van der Waals surface area contributed by atoms with Crippen LogP contribution in [0.3, 0.4) is 0 Å². The maximum absolute atomic E-state index is 12.9. The van der Waals surface area contributed by atoms with E-state index in [9.17, 15) is 9.59 Å². The van der Waals surface area contributed by atoms with Gasteiger partial charge in [0.15, 0.2) is 11.5 Å². The van der Waals surface area contributed by atoms with Crippen LogP contribution in [0.2, 0.25) is 0 Å². The molecule has 2 fully saturated rings. The first-order chi connectivity index (χ1) is 15.2. The Balaban J connectivity index is 1.47. The van der Waals surface area contributed by atoms with Crippen LogP contribution >= 0.6 is 0 Å². The minimum atomic E-state index is -0.506. The van der Waals surface area contributed by atoms with E-state index >= 15 is 0 Å². The highest BCUT2D eigenvalue weighted by Gasteiger charge is 2.47. The van der Waals surface area contributed by atoms with E-state index in [1.54, 1.807) is 12.1 Å². The normalized spacial score (nSPS) is 23.8. The van der Waals surface area contributed by atoms with Gasteiger partial charge in [0.2, 0.25) is 5.91 Å². The Morgan fingerprint density at radius 2 is 1.62 bits per heavy atom. The fourth-order valence-corrected chi connectivity index (χ4v) is 5.30. The number of anilines is 2. The van der Waals surface area contributed by atoms with Crippen LogP contribution in [0.25, 0.3) is 0 Å². The number of ether oxygens (including phenoxy) is 2. The van der Waals surface area contributed by atoms with Crippen LogP contribution in [0, 0.1) is 0 Å². The molecule has 2 unspecified atom stereocenters. The van der Waals surface area contributed by atoms with Gasteiger partial charge in [0, 0.05) is 23.7 Å². The summed E-state index contributed by atoms with van der Waals surface area (Å²) in [5.41, 5.74) is 7.33. The molecule has 7 nitrogen and oxygen atoms in total. The number of benzene rings is 2. The monoisotopic (exact) mass is 435 g/mol. The molecule has 0 saturated carbocycles. The average Bonchev–Trinajstić information content (AvgIpc) is 3.00. The fourth-order valence-electron chi connectivity index (χ4n) is 5.30. The van der Waals surface area contributed by atoms with Crippen LogP contribution in [0.15, 0.2) is 42.5 Å². The molecule has 0 spiro atoms. The lowest BCUT2D eigenvalue weighted by molar-refractivity contribution is 0.00612. The molecular weight excluding hydrogens is 406 g/mol. The molecule has 2 N–H and O–H groups in total. The molecule has 7 heteroatoms. The van der Waals surface area contributed by atoms with Crippen molar-refractivity contribution in [2.75, 3.05) is 4.90 Å². The van der Waals surface area contributed by atoms with Gasteiger partial charge in [0.05, 0.1) is 11.4 Å². The summed E-state index contributed by atoms with van der Waals surface area (Å²) in [5.74, 6) is 0.899. The number of hydrogen-bond acceptors (Lipinski definition) is 5. The fraction of sp³-hybridized carbons (Fsp3) is 0.440. The number of primary amides is 1. The highest BCUT2D eigenvalue weighted by atomic mass is 16.6. The van der Waals surface area contributed by atoms with Crippen molar-refractivity contribution in [1.29, 1.82) is 0 Å². The predicted octanol–water partition coefficient (Wildman–Crippen LogP) is 4.96. The number of carbonyl (C=O) groups is 2. The molecule has 2 aromatic carbocycles. The van der Waals surface area contributed by atoms with Gasteiger partial charge in [-0.25, -0.2) is 4.79 Å². The quantitative estimate of drug-likeness (QED) is 0.721. The van der Waals surface area contributed by atoms with Crippen LogP contribution in [0.5, 0.6) is 11.5 Å². The highest BCUT2D eigenvalue weighted by molar-refractivity contribution is 5.94. The number of carbonyl (C=O) groups excluding carboxylic acids is 2. The number of rotatable bonds is 2. The number of para-hydroxylation sites is 2. The highest BCUT2D eigenvalue weighted by Crippen LogP contribution is 2.51. The van der Waals surface area contributed by atoms with Gasteiger partial charge in [-0.05, 0) is 76.8 Å². The Labute approximate surface area is 188 Å². The van der Waals surface area contributed by atoms with Gasteiger partial charge in [0.1, 0.15) is 5.60 Å². The van der Waals surface area contributed by atoms with E-state index in [0.29, 0.717) is 11.3 Å². The number of fused-ring (bicyclic) bond motifs is 4. The Morgan fingerprint density at radius 3 is 2.28 bits per heavy atom. The summed E-state index contributed by atoms with van der Waals surface area (Å²) < 4.78 is 11.8. The lowest BCUT2D eigenvalue weighted by Gasteiger charge is -2.45. The summed E-state index contributed by atoms with van der Waals surface area (Å²) in [5, 5.41) is 0. The summed E-state index contributed by atoms with van der Waals surface area (Å²) in [6.45, 7) is 5.71. The lowest BCUT2D eigenvalue weighted by atomic mass is 9.94. The summed E-state index contributed by atoms with van der Waals surface area (Å²) in [7, 11) is 0. The molecule has 3 aliphatic heterocycles. The molecule has 2 bridgehead atoms. The van der Waals surface area contributed by atoms with Gasteiger partial charge in [0.25, 0.3) is 0 Å². The van der Waals surface area contributed by atoms with Gasteiger partial charge < -0.3 is 25.0 Å². The van der Waals surface area contributed by atoms with Crippen molar-refractivity contribution in [2.45, 2.75) is 70.2 Å². The van der Waals surface area contributed by atoms with E-state index in [0.717, 1.165) is 42.8 Å². The van der Waals surface area contributed by atoms with E-state index in [1.165, 1.54) is 0 Å². The second-order valence-electron chi connectivity index (χ2n) is 9.88. The first kappa shape index (κ1) is 20.7. The topological polar surface area (TPSA) is 85.1 Å². The minimum Gasteiger partial charge on any atom is -0.453 e. The smallest absolute Gasteiger partial charge is 0.410 e. The number of amides is 2. The molecule has 0 aliphatic carbocycles. The second-order valence-corrected chi connectivity index (χ2v) is 9.88. The zero-order valence-electron chi connectivity index (χ0n) is 18.7. The third kappa shape index (κ3) is 3.55. The minimum absolute atomic E-state index is 0.150. The molecule has 0 radical (unpaired) electrons. The Hall–Kier alpha value is -3.22. The molecule has 2 saturated heterocycles. The maximum atomic E-state index is 12.9. The van der Waals surface area contributed by atoms with Crippen LogP contribution < -0.4 is 15.4 Å². The van der Waals surface area contributed by atoms with Gasteiger partial charge in [-0.1, -0.05) is 12.1 Å². The average molecular weight is 436 g/mol. The third-order valence-electron chi connectivity index (χ3n) is 6.53. The molecule has 168 valence electrons. The zero-order chi connectivity index (χ0) is 22.6. The predicted molar refractivity (Wildman–Crippen MR) is 122 cm³/mol. The summed E-state index contributed by atoms with van der Waals surface area (Å²) >= 11 is 0. The zero-order valence-corrected chi connectivity index (χ0v) is 18.7. The van der Waals surface area contributed by atoms with E-state index in [-0.39, 0.29) is 24.2 Å². The Morgan fingerprint density at radius 1 is 0.969 bits per heavy atom. The van der Waals surface area contributed by atoms with Crippen LogP contribution in [-0.4, -0.2) is 40.6 Å². The van der Waals surface area contributed by atoms with E-state index < -0.39 is 11.5 Å². The number of hydrogen-bond donors (Lipinski definition) is 1. The Bertz CT molecular complexity index is 1060. The summed E-state index contributed by atoms with van der Waals surface area (Å²) in [6.07, 6.45) is 3.46. The number of nitrogens with zero attached hydrogens (tertiary/aromatic N) is 2. The molecule has 0 aromatic heterocycles. The molecule has 5 rings (SSSR count). The lowest BCUT2D eigenvalue weighted by Crippen LogP contribution is -2.53. The van der Waals surface area contributed by atoms with Crippen molar-refractivity contribution < 1.29 is 19.1 Å². The standard InChI is InChI=1S/C25H29N3O4/c1-25(2,3)32-24(30)27-16-9-10-17(27)14-18(13-16)28-19-6-4-5-7-21(19)31-22-12-15(23(26)29)8-11-20(22)28/h4-8,11-12,16-18H,9-10,13-14H2,1-3H3,(H2,26,29). The SMILES string of the molecule is CC(C)(C)OC(=O)N1C2CCC1CC(N1c3ccccc3Oc3cc(C(N)=O)ccc31)C2.